The number of benzene rings is 2. The number of aryl methyl sites for hydroxylation is 1. The number of amides is 1. The van der Waals surface area contributed by atoms with Crippen LogP contribution in [0.1, 0.15) is 16.1 Å². The summed E-state index contributed by atoms with van der Waals surface area (Å²) in [5, 5.41) is 3.67. The maximum Gasteiger partial charge on any atom is 0.291 e. The molecule has 0 unspecified atom stereocenters. The second-order valence-corrected chi connectivity index (χ2v) is 8.27. The molecule has 1 aromatic heterocycles. The lowest BCUT2D eigenvalue weighted by Crippen LogP contribution is -2.13. The van der Waals surface area contributed by atoms with Gasteiger partial charge in [0.25, 0.3) is 5.91 Å². The van der Waals surface area contributed by atoms with Crippen molar-refractivity contribution in [2.75, 3.05) is 23.9 Å². The molecule has 0 aliphatic carbocycles. The Morgan fingerprint density at radius 3 is 2.65 bits per heavy atom. The van der Waals surface area contributed by atoms with Gasteiger partial charge in [0.1, 0.15) is 17.9 Å². The number of carbonyl (C=O) groups is 1. The van der Waals surface area contributed by atoms with Gasteiger partial charge in [0, 0.05) is 29.0 Å². The van der Waals surface area contributed by atoms with Gasteiger partial charge in [-0.1, -0.05) is 24.3 Å². The highest BCUT2D eigenvalue weighted by atomic mass is 32.2. The number of nitrogens with one attached hydrogen (secondary N) is 1. The normalized spacial score (nSPS) is 11.5. The van der Waals surface area contributed by atoms with E-state index in [0.717, 1.165) is 17.2 Å². The third kappa shape index (κ3) is 4.23. The fourth-order valence-corrected chi connectivity index (χ4v) is 2.94. The van der Waals surface area contributed by atoms with E-state index < -0.39 is 9.84 Å². The van der Waals surface area contributed by atoms with Gasteiger partial charge in [0.15, 0.2) is 15.6 Å². The van der Waals surface area contributed by atoms with Crippen LogP contribution in [0.4, 0.5) is 5.69 Å². The number of para-hydroxylation sites is 1. The van der Waals surface area contributed by atoms with Crippen molar-refractivity contribution in [3.8, 4) is 5.75 Å². The maximum absolute atomic E-state index is 12.5. The van der Waals surface area contributed by atoms with Crippen molar-refractivity contribution < 1.29 is 22.4 Å². The number of fused-ring (bicyclic) bond motifs is 1. The highest BCUT2D eigenvalue weighted by Crippen LogP contribution is 2.26. The smallest absolute Gasteiger partial charge is 0.291 e. The second-order valence-electron chi connectivity index (χ2n) is 6.01. The minimum Gasteiger partial charge on any atom is -0.492 e. The molecule has 3 rings (SSSR count). The topological polar surface area (TPSA) is 85.6 Å². The largest absolute Gasteiger partial charge is 0.492 e. The molecular formula is C19H19NO5S. The summed E-state index contributed by atoms with van der Waals surface area (Å²) in [7, 11) is -3.08. The quantitative estimate of drug-likeness (QED) is 0.716. The van der Waals surface area contributed by atoms with E-state index in [1.54, 1.807) is 24.3 Å². The zero-order valence-electron chi connectivity index (χ0n) is 14.5. The molecule has 0 aliphatic rings. The average Bonchev–Trinajstić information content (AvgIpc) is 2.92. The number of furan rings is 1. The summed E-state index contributed by atoms with van der Waals surface area (Å²) in [4.78, 5) is 12.5. The highest BCUT2D eigenvalue weighted by molar-refractivity contribution is 7.90. The molecule has 0 saturated carbocycles. The van der Waals surface area contributed by atoms with Crippen molar-refractivity contribution >= 4 is 32.4 Å². The molecule has 0 aliphatic heterocycles. The summed E-state index contributed by atoms with van der Waals surface area (Å²) in [5.74, 6) is 0.316. The Kier molecular flexibility index (Phi) is 4.99. The molecule has 0 spiro atoms. The molecule has 1 N–H and O–H groups in total. The molecule has 136 valence electrons. The van der Waals surface area contributed by atoms with Crippen LogP contribution in [-0.4, -0.2) is 32.9 Å². The van der Waals surface area contributed by atoms with E-state index >= 15 is 0 Å². The fraction of sp³-hybridized carbons (Fsp3) is 0.211. The monoisotopic (exact) mass is 373 g/mol. The SMILES string of the molecule is Cc1c(C(=O)Nc2cccc(OCCS(C)(=O)=O)c2)oc2ccccc12. The first-order valence-corrected chi connectivity index (χ1v) is 10.1. The minimum atomic E-state index is -3.08. The summed E-state index contributed by atoms with van der Waals surface area (Å²) < 4.78 is 33.4. The molecule has 0 bridgehead atoms. The average molecular weight is 373 g/mol. The molecule has 0 atom stereocenters. The first-order chi connectivity index (χ1) is 12.3. The maximum atomic E-state index is 12.5. The Bertz CT molecular complexity index is 1050. The predicted molar refractivity (Wildman–Crippen MR) is 101 cm³/mol. The van der Waals surface area contributed by atoms with Crippen LogP contribution in [-0.2, 0) is 9.84 Å². The summed E-state index contributed by atoms with van der Waals surface area (Å²) >= 11 is 0. The summed E-state index contributed by atoms with van der Waals surface area (Å²) in [6.07, 6.45) is 1.16. The van der Waals surface area contributed by atoms with Crippen LogP contribution in [0.25, 0.3) is 11.0 Å². The van der Waals surface area contributed by atoms with Gasteiger partial charge >= 0.3 is 0 Å². The summed E-state index contributed by atoms with van der Waals surface area (Å²) in [6, 6.07) is 14.2. The van der Waals surface area contributed by atoms with Crippen LogP contribution in [0.15, 0.2) is 52.9 Å². The lowest BCUT2D eigenvalue weighted by atomic mass is 10.1. The number of hydrogen-bond donors (Lipinski definition) is 1. The molecular weight excluding hydrogens is 354 g/mol. The minimum absolute atomic E-state index is 0.0545. The number of rotatable bonds is 6. The van der Waals surface area contributed by atoms with Gasteiger partial charge < -0.3 is 14.5 Å². The van der Waals surface area contributed by atoms with Crippen LogP contribution < -0.4 is 10.1 Å². The van der Waals surface area contributed by atoms with E-state index in [9.17, 15) is 13.2 Å². The number of anilines is 1. The van der Waals surface area contributed by atoms with Gasteiger partial charge in [-0.2, -0.15) is 0 Å². The number of hydrogen-bond acceptors (Lipinski definition) is 5. The zero-order chi connectivity index (χ0) is 18.7. The number of carbonyl (C=O) groups excluding carboxylic acids is 1. The van der Waals surface area contributed by atoms with Gasteiger partial charge in [0.2, 0.25) is 0 Å². The van der Waals surface area contributed by atoms with Crippen molar-refractivity contribution in [1.29, 1.82) is 0 Å². The zero-order valence-corrected chi connectivity index (χ0v) is 15.3. The van der Waals surface area contributed by atoms with E-state index in [4.69, 9.17) is 9.15 Å². The second kappa shape index (κ2) is 7.21. The van der Waals surface area contributed by atoms with Gasteiger partial charge in [-0.3, -0.25) is 4.79 Å². The van der Waals surface area contributed by atoms with Crippen LogP contribution in [0, 0.1) is 6.92 Å². The molecule has 6 nitrogen and oxygen atoms in total. The highest BCUT2D eigenvalue weighted by Gasteiger charge is 2.17. The molecule has 0 fully saturated rings. The number of sulfone groups is 1. The molecule has 1 amide bonds. The van der Waals surface area contributed by atoms with Crippen molar-refractivity contribution in [2.24, 2.45) is 0 Å². The van der Waals surface area contributed by atoms with Gasteiger partial charge in [-0.15, -0.1) is 0 Å². The molecule has 26 heavy (non-hydrogen) atoms. The standard InChI is InChI=1S/C19H19NO5S/c1-13-16-8-3-4-9-17(16)25-18(13)19(21)20-14-6-5-7-15(12-14)24-10-11-26(2,22)23/h3-9,12H,10-11H2,1-2H3,(H,20,21). The van der Waals surface area contributed by atoms with Gasteiger partial charge in [-0.25, -0.2) is 8.42 Å². The fourth-order valence-electron chi connectivity index (χ4n) is 2.55. The molecule has 2 aromatic carbocycles. The lowest BCUT2D eigenvalue weighted by molar-refractivity contribution is 0.0998. The molecule has 0 radical (unpaired) electrons. The van der Waals surface area contributed by atoms with E-state index in [2.05, 4.69) is 5.32 Å². The lowest BCUT2D eigenvalue weighted by Gasteiger charge is -2.08. The Labute approximate surface area is 151 Å². The predicted octanol–water partition coefficient (Wildman–Crippen LogP) is 3.42. The van der Waals surface area contributed by atoms with E-state index in [0.29, 0.717) is 17.0 Å². The van der Waals surface area contributed by atoms with Crippen LogP contribution >= 0.6 is 0 Å². The summed E-state index contributed by atoms with van der Waals surface area (Å²) in [6.45, 7) is 1.89. The Morgan fingerprint density at radius 1 is 1.15 bits per heavy atom. The van der Waals surface area contributed by atoms with Crippen LogP contribution in [0.2, 0.25) is 0 Å². The van der Waals surface area contributed by atoms with Crippen molar-refractivity contribution in [3.05, 3.63) is 59.9 Å². The Hall–Kier alpha value is -2.80. The van der Waals surface area contributed by atoms with Crippen LogP contribution in [0.5, 0.6) is 5.75 Å². The van der Waals surface area contributed by atoms with Crippen LogP contribution in [0.3, 0.4) is 0 Å². The van der Waals surface area contributed by atoms with Gasteiger partial charge in [0.05, 0.1) is 5.75 Å². The molecule has 0 saturated heterocycles. The Balaban J connectivity index is 1.73. The first kappa shape index (κ1) is 18.0. The molecule has 7 heteroatoms. The Morgan fingerprint density at radius 2 is 1.92 bits per heavy atom. The van der Waals surface area contributed by atoms with E-state index in [1.165, 1.54) is 0 Å². The molecule has 3 aromatic rings. The first-order valence-electron chi connectivity index (χ1n) is 8.03. The summed E-state index contributed by atoms with van der Waals surface area (Å²) in [5.41, 5.74) is 1.97. The number of ether oxygens (including phenoxy) is 1. The van der Waals surface area contributed by atoms with E-state index in [-0.39, 0.29) is 24.0 Å². The van der Waals surface area contributed by atoms with Crippen molar-refractivity contribution in [1.82, 2.24) is 0 Å². The van der Waals surface area contributed by atoms with E-state index in [1.807, 2.05) is 31.2 Å². The van der Waals surface area contributed by atoms with Crippen molar-refractivity contribution in [3.63, 3.8) is 0 Å². The third-order valence-electron chi connectivity index (χ3n) is 3.86. The van der Waals surface area contributed by atoms with Crippen molar-refractivity contribution in [2.45, 2.75) is 6.92 Å². The molecule has 1 heterocycles. The van der Waals surface area contributed by atoms with Gasteiger partial charge in [-0.05, 0) is 25.1 Å². The third-order valence-corrected chi connectivity index (χ3v) is 4.77.